The molecule has 6 nitrogen and oxygen atoms in total. The molecule has 0 saturated carbocycles. The van der Waals surface area contributed by atoms with Crippen molar-refractivity contribution in [3.63, 3.8) is 0 Å². The summed E-state index contributed by atoms with van der Waals surface area (Å²) in [5.74, 6) is 0.736. The second-order valence-corrected chi connectivity index (χ2v) is 6.77. The fourth-order valence-electron chi connectivity index (χ4n) is 3.02. The third-order valence-electron chi connectivity index (χ3n) is 4.13. The number of pyridine rings is 1. The largest absolute Gasteiger partial charge is 0.411 e. The maximum Gasteiger partial charge on any atom is 0.277 e. The van der Waals surface area contributed by atoms with Gasteiger partial charge in [0.1, 0.15) is 0 Å². The number of para-hydroxylation sites is 1. The molecule has 126 valence electrons. The lowest BCUT2D eigenvalue weighted by Gasteiger charge is -2.22. The van der Waals surface area contributed by atoms with Gasteiger partial charge in [-0.1, -0.05) is 30.0 Å². The third kappa shape index (κ3) is 3.15. The van der Waals surface area contributed by atoms with Crippen molar-refractivity contribution in [2.24, 2.45) is 0 Å². The Kier molecular flexibility index (Phi) is 4.23. The zero-order chi connectivity index (χ0) is 17.2. The van der Waals surface area contributed by atoms with Gasteiger partial charge in [-0.3, -0.25) is 9.78 Å². The maximum absolute atomic E-state index is 12.7. The van der Waals surface area contributed by atoms with Crippen molar-refractivity contribution in [1.29, 1.82) is 0 Å². The normalized spacial score (nSPS) is 16.0. The fourth-order valence-corrected chi connectivity index (χ4v) is 3.64. The number of rotatable bonds is 4. The Labute approximate surface area is 149 Å². The van der Waals surface area contributed by atoms with Gasteiger partial charge in [-0.15, -0.1) is 10.2 Å². The van der Waals surface area contributed by atoms with Crippen LogP contribution in [0.2, 0.25) is 0 Å². The van der Waals surface area contributed by atoms with Crippen molar-refractivity contribution in [3.8, 4) is 11.5 Å². The minimum absolute atomic E-state index is 0.0473. The maximum atomic E-state index is 12.7. The van der Waals surface area contributed by atoms with Gasteiger partial charge in [0, 0.05) is 29.7 Å². The highest BCUT2D eigenvalue weighted by atomic mass is 32.2. The van der Waals surface area contributed by atoms with Crippen LogP contribution in [-0.4, -0.2) is 32.9 Å². The minimum atomic E-state index is 0.0473. The molecule has 2 aromatic heterocycles. The first kappa shape index (κ1) is 15.8. The highest BCUT2D eigenvalue weighted by Crippen LogP contribution is 2.33. The van der Waals surface area contributed by atoms with Crippen molar-refractivity contribution in [2.45, 2.75) is 24.6 Å². The average Bonchev–Trinajstić information content (AvgIpc) is 3.24. The molecule has 1 aliphatic rings. The van der Waals surface area contributed by atoms with E-state index in [0.29, 0.717) is 11.1 Å². The highest BCUT2D eigenvalue weighted by molar-refractivity contribution is 7.99. The first-order valence-corrected chi connectivity index (χ1v) is 8.97. The number of hydrogen-bond donors (Lipinski definition) is 0. The van der Waals surface area contributed by atoms with Crippen LogP contribution in [0.4, 0.5) is 5.69 Å². The Balaban J connectivity index is 1.44. The average molecular weight is 352 g/mol. The van der Waals surface area contributed by atoms with E-state index in [1.807, 2.05) is 23.1 Å². The third-order valence-corrected chi connectivity index (χ3v) is 4.93. The summed E-state index contributed by atoms with van der Waals surface area (Å²) in [5, 5.41) is 8.42. The van der Waals surface area contributed by atoms with Crippen LogP contribution in [0.1, 0.15) is 12.5 Å². The lowest BCUT2D eigenvalue weighted by molar-refractivity contribution is -0.116. The van der Waals surface area contributed by atoms with Gasteiger partial charge in [-0.25, -0.2) is 0 Å². The first-order valence-electron chi connectivity index (χ1n) is 7.99. The number of hydrogen-bond acceptors (Lipinski definition) is 6. The summed E-state index contributed by atoms with van der Waals surface area (Å²) < 4.78 is 5.62. The number of anilines is 1. The molecule has 0 spiro atoms. The van der Waals surface area contributed by atoms with Crippen LogP contribution in [0.15, 0.2) is 58.4 Å². The molecule has 4 rings (SSSR count). The Morgan fingerprint density at radius 2 is 2.04 bits per heavy atom. The number of aromatic nitrogens is 3. The highest BCUT2D eigenvalue weighted by Gasteiger charge is 2.30. The van der Waals surface area contributed by atoms with Crippen molar-refractivity contribution >= 4 is 23.4 Å². The fraction of sp³-hybridized carbons (Fsp3) is 0.222. The van der Waals surface area contributed by atoms with Crippen LogP contribution in [0, 0.1) is 0 Å². The van der Waals surface area contributed by atoms with Crippen LogP contribution in [-0.2, 0) is 11.2 Å². The van der Waals surface area contributed by atoms with Gasteiger partial charge in [0.25, 0.3) is 5.22 Å². The van der Waals surface area contributed by atoms with Crippen molar-refractivity contribution in [3.05, 3.63) is 54.4 Å². The Morgan fingerprint density at radius 3 is 2.88 bits per heavy atom. The van der Waals surface area contributed by atoms with Crippen molar-refractivity contribution in [2.75, 3.05) is 10.7 Å². The van der Waals surface area contributed by atoms with E-state index in [0.717, 1.165) is 17.7 Å². The number of carbonyl (C=O) groups is 1. The molecule has 25 heavy (non-hydrogen) atoms. The Hall–Kier alpha value is -2.67. The molecule has 3 aromatic rings. The van der Waals surface area contributed by atoms with E-state index in [9.17, 15) is 4.79 Å². The van der Waals surface area contributed by atoms with E-state index in [1.165, 1.54) is 17.3 Å². The molecule has 0 bridgehead atoms. The molecule has 0 unspecified atom stereocenters. The molecule has 0 fully saturated rings. The van der Waals surface area contributed by atoms with E-state index in [4.69, 9.17) is 4.42 Å². The van der Waals surface area contributed by atoms with Gasteiger partial charge in [0.2, 0.25) is 11.8 Å². The molecule has 3 heterocycles. The van der Waals surface area contributed by atoms with E-state index in [1.54, 1.807) is 24.5 Å². The van der Waals surface area contributed by atoms with E-state index >= 15 is 0 Å². The number of benzene rings is 1. The predicted octanol–water partition coefficient (Wildman–Crippen LogP) is 3.20. The summed E-state index contributed by atoms with van der Waals surface area (Å²) in [7, 11) is 0. The zero-order valence-electron chi connectivity index (χ0n) is 13.6. The van der Waals surface area contributed by atoms with Crippen molar-refractivity contribution < 1.29 is 9.21 Å². The van der Waals surface area contributed by atoms with Crippen LogP contribution in [0.3, 0.4) is 0 Å². The molecule has 1 amide bonds. The molecule has 1 atom stereocenters. The summed E-state index contributed by atoms with van der Waals surface area (Å²) in [5.41, 5.74) is 3.03. The summed E-state index contributed by atoms with van der Waals surface area (Å²) in [6, 6.07) is 11.8. The van der Waals surface area contributed by atoms with Crippen LogP contribution in [0.5, 0.6) is 0 Å². The summed E-state index contributed by atoms with van der Waals surface area (Å²) in [6.07, 6.45) is 4.23. The lowest BCUT2D eigenvalue weighted by atomic mass is 10.1. The van der Waals surface area contributed by atoms with E-state index in [2.05, 4.69) is 28.2 Å². The molecular weight excluding hydrogens is 336 g/mol. The lowest BCUT2D eigenvalue weighted by Crippen LogP contribution is -2.36. The smallest absolute Gasteiger partial charge is 0.277 e. The second kappa shape index (κ2) is 6.68. The zero-order valence-corrected chi connectivity index (χ0v) is 14.4. The minimum Gasteiger partial charge on any atom is -0.411 e. The SMILES string of the molecule is C[C@@H]1Cc2ccccc2N1C(=O)CSc1nnc(-c2ccncc2)o1. The first-order chi connectivity index (χ1) is 12.2. The number of carbonyl (C=O) groups excluding carboxylic acids is 1. The molecule has 0 saturated heterocycles. The van der Waals surface area contributed by atoms with Gasteiger partial charge < -0.3 is 9.32 Å². The van der Waals surface area contributed by atoms with Gasteiger partial charge in [0.15, 0.2) is 0 Å². The number of fused-ring (bicyclic) bond motifs is 1. The summed E-state index contributed by atoms with van der Waals surface area (Å²) in [4.78, 5) is 18.5. The standard InChI is InChI=1S/C18H16N4O2S/c1-12-10-14-4-2-3-5-15(14)22(12)16(23)11-25-18-21-20-17(24-18)13-6-8-19-9-7-13/h2-9,12H,10-11H2,1H3/t12-/m1/s1. The molecule has 1 aromatic carbocycles. The summed E-state index contributed by atoms with van der Waals surface area (Å²) >= 11 is 1.26. The van der Waals surface area contributed by atoms with Gasteiger partial charge in [-0.05, 0) is 37.1 Å². The van der Waals surface area contributed by atoms with Crippen LogP contribution >= 0.6 is 11.8 Å². The van der Waals surface area contributed by atoms with Gasteiger partial charge in [0.05, 0.1) is 5.75 Å². The number of amides is 1. The molecule has 0 radical (unpaired) electrons. The number of thioether (sulfide) groups is 1. The van der Waals surface area contributed by atoms with E-state index in [-0.39, 0.29) is 17.7 Å². The monoisotopic (exact) mass is 352 g/mol. The molecule has 0 aliphatic carbocycles. The van der Waals surface area contributed by atoms with E-state index < -0.39 is 0 Å². The molecule has 7 heteroatoms. The van der Waals surface area contributed by atoms with Gasteiger partial charge in [-0.2, -0.15) is 0 Å². The Bertz CT molecular complexity index is 897. The molecule has 1 aliphatic heterocycles. The van der Waals surface area contributed by atoms with Gasteiger partial charge >= 0.3 is 0 Å². The topological polar surface area (TPSA) is 72.1 Å². The van der Waals surface area contributed by atoms with Crippen LogP contribution < -0.4 is 4.90 Å². The summed E-state index contributed by atoms with van der Waals surface area (Å²) in [6.45, 7) is 2.07. The van der Waals surface area contributed by atoms with Crippen LogP contribution in [0.25, 0.3) is 11.5 Å². The quantitative estimate of drug-likeness (QED) is 0.672. The predicted molar refractivity (Wildman–Crippen MR) is 95.3 cm³/mol. The second-order valence-electron chi connectivity index (χ2n) is 5.84. The Morgan fingerprint density at radius 1 is 1.24 bits per heavy atom. The molecule has 0 N–H and O–H groups in total. The molecular formula is C18H16N4O2S. The van der Waals surface area contributed by atoms with Crippen molar-refractivity contribution in [1.82, 2.24) is 15.2 Å². The number of nitrogens with zero attached hydrogens (tertiary/aromatic N) is 4.